The van der Waals surface area contributed by atoms with Crippen molar-refractivity contribution < 1.29 is 23.7 Å². The van der Waals surface area contributed by atoms with Gasteiger partial charge in [-0.2, -0.15) is 0 Å². The number of unbranched alkanes of at least 4 members (excludes halogenated alkanes) is 1. The molecule has 0 radical (unpaired) electrons. The Morgan fingerprint density at radius 2 is 1.37 bits per heavy atom. The van der Waals surface area contributed by atoms with Crippen molar-refractivity contribution in [2.75, 3.05) is 39.8 Å². The molecule has 0 aliphatic carbocycles. The Balaban J connectivity index is 0.00000114. The summed E-state index contributed by atoms with van der Waals surface area (Å²) in [4.78, 5) is 0. The van der Waals surface area contributed by atoms with Crippen LogP contribution in [0.5, 0.6) is 11.5 Å². The monoisotopic (exact) mass is 396 g/mol. The minimum atomic E-state index is 0.305. The van der Waals surface area contributed by atoms with Gasteiger partial charge in [0.15, 0.2) is 11.5 Å². The first-order chi connectivity index (χ1) is 13.3. The largest absolute Gasteiger partial charge is 0.454 e. The van der Waals surface area contributed by atoms with Crippen LogP contribution in [0.25, 0.3) is 0 Å². The summed E-state index contributed by atoms with van der Waals surface area (Å²) in [6.45, 7) is 10.7. The second kappa shape index (κ2) is 16.2. The van der Waals surface area contributed by atoms with E-state index in [2.05, 4.69) is 26.8 Å². The van der Waals surface area contributed by atoms with E-state index in [0.29, 0.717) is 39.8 Å². The van der Waals surface area contributed by atoms with Crippen LogP contribution in [0, 0.1) is 0 Å². The lowest BCUT2D eigenvalue weighted by Crippen LogP contribution is -2.10. The van der Waals surface area contributed by atoms with Gasteiger partial charge in [-0.15, -0.1) is 5.28 Å². The van der Waals surface area contributed by atoms with Crippen molar-refractivity contribution in [3.8, 4) is 11.5 Å². The van der Waals surface area contributed by atoms with Crippen molar-refractivity contribution in [3.05, 3.63) is 23.3 Å². The zero-order valence-electron chi connectivity index (χ0n) is 17.7. The SMILES string of the molecule is CCCCOCCOCCOCc1cc2c(cc1CCC)OCO2.C[CH2][AlH2]. The second-order valence-corrected chi connectivity index (χ2v) is 7.98. The molecule has 2 rings (SSSR count). The molecule has 0 saturated heterocycles. The first kappa shape index (κ1) is 24.3. The Bertz CT molecular complexity index is 496. The van der Waals surface area contributed by atoms with Gasteiger partial charge in [-0.3, -0.25) is 0 Å². The maximum absolute atomic E-state index is 5.75. The van der Waals surface area contributed by atoms with Crippen molar-refractivity contribution in [1.29, 1.82) is 0 Å². The lowest BCUT2D eigenvalue weighted by Gasteiger charge is -2.11. The average molecular weight is 397 g/mol. The Morgan fingerprint density at radius 3 is 1.96 bits per heavy atom. The molecule has 5 nitrogen and oxygen atoms in total. The molecule has 0 aromatic heterocycles. The Morgan fingerprint density at radius 1 is 0.815 bits per heavy atom. The third-order valence-corrected chi connectivity index (χ3v) is 3.86. The van der Waals surface area contributed by atoms with Gasteiger partial charge in [0.2, 0.25) is 23.1 Å². The van der Waals surface area contributed by atoms with Gasteiger partial charge in [0, 0.05) is 6.61 Å². The van der Waals surface area contributed by atoms with Crippen LogP contribution < -0.4 is 9.47 Å². The first-order valence-corrected chi connectivity index (χ1v) is 11.8. The molecule has 0 saturated carbocycles. The van der Waals surface area contributed by atoms with Crippen molar-refractivity contribution in [2.24, 2.45) is 0 Å². The van der Waals surface area contributed by atoms with E-state index >= 15 is 0 Å². The van der Waals surface area contributed by atoms with Gasteiger partial charge in [-0.05, 0) is 36.1 Å². The normalized spacial score (nSPS) is 12.0. The van der Waals surface area contributed by atoms with Crippen molar-refractivity contribution in [3.63, 3.8) is 0 Å². The van der Waals surface area contributed by atoms with E-state index in [9.17, 15) is 0 Å². The van der Waals surface area contributed by atoms with Crippen LogP contribution in [0.4, 0.5) is 0 Å². The molecule has 0 amide bonds. The van der Waals surface area contributed by atoms with Crippen molar-refractivity contribution >= 4 is 16.3 Å². The number of hydrogen-bond donors (Lipinski definition) is 0. The summed E-state index contributed by atoms with van der Waals surface area (Å²) in [6.07, 6.45) is 4.38. The summed E-state index contributed by atoms with van der Waals surface area (Å²) in [7, 11) is 0. The van der Waals surface area contributed by atoms with Gasteiger partial charge >= 0.3 is 0 Å². The molecule has 154 valence electrons. The molecule has 0 bridgehead atoms. The van der Waals surface area contributed by atoms with Gasteiger partial charge in [-0.1, -0.05) is 33.6 Å². The van der Waals surface area contributed by atoms with Crippen LogP contribution in [-0.4, -0.2) is 56.1 Å². The summed E-state index contributed by atoms with van der Waals surface area (Å²) in [6, 6.07) is 4.12. The molecule has 27 heavy (non-hydrogen) atoms. The van der Waals surface area contributed by atoms with Gasteiger partial charge in [0.05, 0.1) is 33.0 Å². The predicted octanol–water partition coefficient (Wildman–Crippen LogP) is 3.78. The van der Waals surface area contributed by atoms with Gasteiger partial charge in [-0.25, -0.2) is 0 Å². The predicted molar refractivity (Wildman–Crippen MR) is 112 cm³/mol. The molecular formula is C21H37AlO5. The molecule has 1 heterocycles. The van der Waals surface area contributed by atoms with Crippen LogP contribution in [-0.2, 0) is 27.2 Å². The number of hydrogen-bond acceptors (Lipinski definition) is 5. The average Bonchev–Trinajstić information content (AvgIpc) is 3.11. The smallest absolute Gasteiger partial charge is 0.231 e. The molecule has 1 aliphatic heterocycles. The molecule has 6 heteroatoms. The molecule has 0 N–H and O–H groups in total. The van der Waals surface area contributed by atoms with E-state index in [-0.39, 0.29) is 0 Å². The minimum absolute atomic E-state index is 0.305. The van der Waals surface area contributed by atoms with Crippen LogP contribution >= 0.6 is 0 Å². The van der Waals surface area contributed by atoms with E-state index in [4.69, 9.17) is 23.7 Å². The second-order valence-electron chi connectivity index (χ2n) is 6.56. The van der Waals surface area contributed by atoms with Crippen LogP contribution in [0.3, 0.4) is 0 Å². The number of benzene rings is 1. The third-order valence-electron chi connectivity index (χ3n) is 3.86. The highest BCUT2D eigenvalue weighted by atomic mass is 27.0. The van der Waals surface area contributed by atoms with E-state index in [1.165, 1.54) is 32.7 Å². The summed E-state index contributed by atoms with van der Waals surface area (Å²) in [5.41, 5.74) is 2.44. The topological polar surface area (TPSA) is 46.2 Å². The Labute approximate surface area is 173 Å². The highest BCUT2D eigenvalue weighted by Gasteiger charge is 2.16. The summed E-state index contributed by atoms with van der Waals surface area (Å²) in [5, 5.41) is 1.39. The lowest BCUT2D eigenvalue weighted by atomic mass is 10.0. The number of aryl methyl sites for hydroxylation is 1. The van der Waals surface area contributed by atoms with Gasteiger partial charge < -0.3 is 23.7 Å². The molecule has 1 aliphatic rings. The standard InChI is InChI=1S/C19H30O5.C2H5.Al.2H/c1-3-5-7-20-8-9-21-10-11-22-14-17-13-19-18(23-15-24-19)12-16(17)6-4-2;1-2;;;/h12-13H,3-11,14-15H2,1-2H3;1H2,2H3;;;. The van der Waals surface area contributed by atoms with Crippen LogP contribution in [0.1, 0.15) is 51.2 Å². The van der Waals surface area contributed by atoms with E-state index in [1.807, 2.05) is 6.07 Å². The molecule has 0 atom stereocenters. The first-order valence-electron chi connectivity index (χ1n) is 10.4. The van der Waals surface area contributed by atoms with Gasteiger partial charge in [0.25, 0.3) is 0 Å². The zero-order valence-corrected chi connectivity index (χ0v) is 19.7. The Hall–Kier alpha value is -0.768. The highest BCUT2D eigenvalue weighted by molar-refractivity contribution is 6.08. The van der Waals surface area contributed by atoms with Gasteiger partial charge in [0.1, 0.15) is 0 Å². The summed E-state index contributed by atoms with van der Waals surface area (Å²) < 4.78 is 27.6. The third kappa shape index (κ3) is 10.4. The number of fused-ring (bicyclic) bond motifs is 1. The lowest BCUT2D eigenvalue weighted by molar-refractivity contribution is 0.0101. The zero-order chi connectivity index (χ0) is 19.7. The quantitative estimate of drug-likeness (QED) is 0.375. The van der Waals surface area contributed by atoms with Crippen molar-refractivity contribution in [1.82, 2.24) is 0 Å². The fraction of sp³-hybridized carbons (Fsp3) is 0.714. The molecule has 1 aromatic carbocycles. The molecular weight excluding hydrogens is 359 g/mol. The molecule has 1 aromatic rings. The fourth-order valence-electron chi connectivity index (χ4n) is 2.53. The van der Waals surface area contributed by atoms with Crippen LogP contribution in [0.15, 0.2) is 12.1 Å². The minimum Gasteiger partial charge on any atom is -0.454 e. The molecule has 0 unspecified atom stereocenters. The summed E-state index contributed by atoms with van der Waals surface area (Å²) >= 11 is 1.37. The maximum Gasteiger partial charge on any atom is 0.231 e. The molecule has 0 spiro atoms. The highest BCUT2D eigenvalue weighted by Crippen LogP contribution is 2.35. The maximum atomic E-state index is 5.75. The fourth-order valence-corrected chi connectivity index (χ4v) is 2.53. The summed E-state index contributed by atoms with van der Waals surface area (Å²) in [5.74, 6) is 1.66. The van der Waals surface area contributed by atoms with E-state index < -0.39 is 0 Å². The van der Waals surface area contributed by atoms with Crippen LogP contribution in [0.2, 0.25) is 5.28 Å². The van der Waals surface area contributed by atoms with E-state index in [1.54, 1.807) is 0 Å². The number of rotatable bonds is 13. The number of ether oxygens (including phenoxy) is 5. The molecule has 0 fully saturated rings. The van der Waals surface area contributed by atoms with E-state index in [0.717, 1.165) is 43.8 Å². The Kier molecular flexibility index (Phi) is 14.6. The van der Waals surface area contributed by atoms with Crippen molar-refractivity contribution in [2.45, 2.75) is 58.3 Å².